The summed E-state index contributed by atoms with van der Waals surface area (Å²) in [4.78, 5) is 18.5. The Morgan fingerprint density at radius 3 is 2.68 bits per heavy atom. The number of benzene rings is 1. The number of thiocarbonyl (C=S) groups is 1. The van der Waals surface area contributed by atoms with E-state index in [0.717, 1.165) is 28.5 Å². The number of esters is 1. The lowest BCUT2D eigenvalue weighted by Gasteiger charge is -2.28. The second-order valence-corrected chi connectivity index (χ2v) is 8.75. The molecule has 3 aromatic rings. The highest BCUT2D eigenvalue weighted by Gasteiger charge is 2.41. The highest BCUT2D eigenvalue weighted by Crippen LogP contribution is 2.41. The van der Waals surface area contributed by atoms with Crippen LogP contribution >= 0.6 is 12.2 Å². The Morgan fingerprint density at radius 1 is 1.15 bits per heavy atom. The van der Waals surface area contributed by atoms with Crippen LogP contribution in [-0.2, 0) is 9.53 Å². The van der Waals surface area contributed by atoms with E-state index in [9.17, 15) is 4.79 Å². The first-order valence-corrected chi connectivity index (χ1v) is 11.7. The molecule has 4 rings (SSSR count). The third kappa shape index (κ3) is 4.63. The van der Waals surface area contributed by atoms with Gasteiger partial charge in [-0.05, 0) is 68.4 Å². The summed E-state index contributed by atoms with van der Waals surface area (Å²) in [7, 11) is 3.09. The fourth-order valence-electron chi connectivity index (χ4n) is 4.71. The maximum Gasteiger partial charge on any atom is 0.305 e. The van der Waals surface area contributed by atoms with E-state index in [-0.39, 0.29) is 18.1 Å². The minimum atomic E-state index is -0.216. The maximum atomic E-state index is 11.7. The molecule has 0 radical (unpaired) electrons. The van der Waals surface area contributed by atoms with Gasteiger partial charge in [0.2, 0.25) is 0 Å². The standard InChI is InChI=1S/C26H30N4O3S/c1-17-15-21(18(2)30(17)19-9-7-10-20(16-19)32-3)25-24(22-11-5-6-13-27-22)28-26(34)29(25)14-8-12-23(31)33-4/h5-7,9-11,13,15-16,24-25H,8,12,14H2,1-4H3,(H,28,34). The Kier molecular flexibility index (Phi) is 7.17. The molecule has 1 aliphatic rings. The predicted octanol–water partition coefficient (Wildman–Crippen LogP) is 4.42. The van der Waals surface area contributed by atoms with Gasteiger partial charge in [-0.25, -0.2) is 0 Å². The zero-order valence-corrected chi connectivity index (χ0v) is 20.8. The van der Waals surface area contributed by atoms with Crippen LogP contribution in [-0.4, -0.2) is 46.3 Å². The van der Waals surface area contributed by atoms with E-state index in [2.05, 4.69) is 45.7 Å². The van der Waals surface area contributed by atoms with Crippen molar-refractivity contribution in [3.8, 4) is 11.4 Å². The zero-order valence-electron chi connectivity index (χ0n) is 19.9. The van der Waals surface area contributed by atoms with Gasteiger partial charge in [0.15, 0.2) is 5.11 Å². The third-order valence-electron chi connectivity index (χ3n) is 6.31. The van der Waals surface area contributed by atoms with E-state index in [1.807, 2.05) is 36.4 Å². The van der Waals surface area contributed by atoms with Gasteiger partial charge in [0, 0.05) is 42.3 Å². The molecule has 3 heterocycles. The first-order chi connectivity index (χ1) is 16.4. The minimum Gasteiger partial charge on any atom is -0.497 e. The highest BCUT2D eigenvalue weighted by molar-refractivity contribution is 7.80. The first-order valence-electron chi connectivity index (χ1n) is 11.3. The smallest absolute Gasteiger partial charge is 0.305 e. The number of nitrogens with one attached hydrogen (secondary N) is 1. The Labute approximate surface area is 205 Å². The Balaban J connectivity index is 1.75. The Morgan fingerprint density at radius 2 is 1.97 bits per heavy atom. The molecule has 34 heavy (non-hydrogen) atoms. The molecule has 1 saturated heterocycles. The number of ether oxygens (including phenoxy) is 2. The number of carbonyl (C=O) groups is 1. The molecule has 2 atom stereocenters. The molecule has 0 aliphatic carbocycles. The topological polar surface area (TPSA) is 68.6 Å². The minimum absolute atomic E-state index is 0.0643. The lowest BCUT2D eigenvalue weighted by Crippen LogP contribution is -2.31. The normalized spacial score (nSPS) is 17.5. The number of carbonyl (C=O) groups excluding carboxylic acids is 1. The van der Waals surface area contributed by atoms with Crippen molar-refractivity contribution in [2.24, 2.45) is 0 Å². The van der Waals surface area contributed by atoms with Gasteiger partial charge in [-0.15, -0.1) is 0 Å². The van der Waals surface area contributed by atoms with E-state index >= 15 is 0 Å². The van der Waals surface area contributed by atoms with Crippen molar-refractivity contribution in [2.45, 2.75) is 38.8 Å². The number of aromatic nitrogens is 2. The van der Waals surface area contributed by atoms with Crippen LogP contribution in [0.3, 0.4) is 0 Å². The number of hydrogen-bond donors (Lipinski definition) is 1. The number of methoxy groups -OCH3 is 2. The van der Waals surface area contributed by atoms with Crippen molar-refractivity contribution < 1.29 is 14.3 Å². The van der Waals surface area contributed by atoms with Crippen LogP contribution < -0.4 is 10.1 Å². The van der Waals surface area contributed by atoms with E-state index < -0.39 is 0 Å². The average Bonchev–Trinajstić information content (AvgIpc) is 3.34. The molecular formula is C26H30N4O3S. The summed E-state index contributed by atoms with van der Waals surface area (Å²) in [5.74, 6) is 0.596. The summed E-state index contributed by atoms with van der Waals surface area (Å²) in [5, 5.41) is 4.15. The molecule has 0 amide bonds. The zero-order chi connectivity index (χ0) is 24.2. The van der Waals surface area contributed by atoms with Crippen LogP contribution in [0.5, 0.6) is 5.75 Å². The SMILES string of the molecule is COC(=O)CCCN1C(=S)NC(c2ccccn2)C1c1cc(C)n(-c2cccc(OC)c2)c1C. The largest absolute Gasteiger partial charge is 0.497 e. The van der Waals surface area contributed by atoms with Crippen molar-refractivity contribution in [2.75, 3.05) is 20.8 Å². The van der Waals surface area contributed by atoms with Crippen LogP contribution in [0.25, 0.3) is 5.69 Å². The molecule has 178 valence electrons. The number of hydrogen-bond acceptors (Lipinski definition) is 5. The van der Waals surface area contributed by atoms with Gasteiger partial charge in [-0.1, -0.05) is 12.1 Å². The van der Waals surface area contributed by atoms with Crippen LogP contribution in [0.2, 0.25) is 0 Å². The van der Waals surface area contributed by atoms with Crippen molar-refractivity contribution in [1.29, 1.82) is 0 Å². The Bertz CT molecular complexity index is 1180. The monoisotopic (exact) mass is 478 g/mol. The third-order valence-corrected chi connectivity index (χ3v) is 6.66. The molecule has 1 fully saturated rings. The van der Waals surface area contributed by atoms with Crippen molar-refractivity contribution in [1.82, 2.24) is 19.8 Å². The maximum absolute atomic E-state index is 11.7. The van der Waals surface area contributed by atoms with E-state index in [1.54, 1.807) is 13.3 Å². The fraction of sp³-hybridized carbons (Fsp3) is 0.346. The fourth-order valence-corrected chi connectivity index (χ4v) is 5.05. The lowest BCUT2D eigenvalue weighted by atomic mass is 9.96. The summed E-state index contributed by atoms with van der Waals surface area (Å²) < 4.78 is 12.5. The Hall–Kier alpha value is -3.39. The summed E-state index contributed by atoms with van der Waals surface area (Å²) in [5.41, 5.74) is 5.38. The molecule has 2 unspecified atom stereocenters. The van der Waals surface area contributed by atoms with Crippen molar-refractivity contribution >= 4 is 23.3 Å². The van der Waals surface area contributed by atoms with Crippen LogP contribution in [0.4, 0.5) is 0 Å². The van der Waals surface area contributed by atoms with E-state index in [0.29, 0.717) is 24.5 Å². The molecule has 1 aromatic carbocycles. The van der Waals surface area contributed by atoms with Gasteiger partial charge in [-0.2, -0.15) is 0 Å². The molecule has 8 heteroatoms. The summed E-state index contributed by atoms with van der Waals surface area (Å²) >= 11 is 5.76. The van der Waals surface area contributed by atoms with Gasteiger partial charge in [0.1, 0.15) is 5.75 Å². The second-order valence-electron chi connectivity index (χ2n) is 8.36. The van der Waals surface area contributed by atoms with Gasteiger partial charge in [0.25, 0.3) is 0 Å². The second kappa shape index (κ2) is 10.3. The quantitative estimate of drug-likeness (QED) is 0.380. The van der Waals surface area contributed by atoms with Gasteiger partial charge >= 0.3 is 5.97 Å². The molecule has 0 saturated carbocycles. The molecular weight excluding hydrogens is 448 g/mol. The van der Waals surface area contributed by atoms with Gasteiger partial charge in [-0.3, -0.25) is 9.78 Å². The molecule has 1 N–H and O–H groups in total. The summed E-state index contributed by atoms with van der Waals surface area (Å²) in [6.07, 6.45) is 2.80. The number of nitrogens with zero attached hydrogens (tertiary/aromatic N) is 3. The molecule has 2 aromatic heterocycles. The van der Waals surface area contributed by atoms with Gasteiger partial charge in [0.05, 0.1) is 32.0 Å². The van der Waals surface area contributed by atoms with Crippen LogP contribution in [0, 0.1) is 13.8 Å². The molecule has 0 spiro atoms. The van der Waals surface area contributed by atoms with Crippen molar-refractivity contribution in [3.05, 3.63) is 77.4 Å². The summed E-state index contributed by atoms with van der Waals surface area (Å²) in [6, 6.07) is 16.0. The number of pyridine rings is 1. The number of aryl methyl sites for hydroxylation is 1. The van der Waals surface area contributed by atoms with E-state index in [1.165, 1.54) is 12.7 Å². The van der Waals surface area contributed by atoms with Crippen molar-refractivity contribution in [3.63, 3.8) is 0 Å². The molecule has 0 bridgehead atoms. The van der Waals surface area contributed by atoms with Crippen LogP contribution in [0.15, 0.2) is 54.7 Å². The molecule has 1 aliphatic heterocycles. The summed E-state index contributed by atoms with van der Waals surface area (Å²) in [6.45, 7) is 4.87. The van der Waals surface area contributed by atoms with Gasteiger partial charge < -0.3 is 24.3 Å². The average molecular weight is 479 g/mol. The van der Waals surface area contributed by atoms with Crippen LogP contribution in [0.1, 0.15) is 47.6 Å². The predicted molar refractivity (Wildman–Crippen MR) is 135 cm³/mol. The van der Waals surface area contributed by atoms with E-state index in [4.69, 9.17) is 21.7 Å². The molecule has 7 nitrogen and oxygen atoms in total. The number of rotatable bonds is 8. The first kappa shape index (κ1) is 23.8. The highest BCUT2D eigenvalue weighted by atomic mass is 32.1. The lowest BCUT2D eigenvalue weighted by molar-refractivity contribution is -0.140.